The molecule has 4 nitrogen and oxygen atoms in total. The Morgan fingerprint density at radius 2 is 2.06 bits per heavy atom. The lowest BCUT2D eigenvalue weighted by atomic mass is 10.2. The van der Waals surface area contributed by atoms with Crippen molar-refractivity contribution in [2.75, 3.05) is 18.4 Å². The summed E-state index contributed by atoms with van der Waals surface area (Å²) in [5.41, 5.74) is 2.64. The highest BCUT2D eigenvalue weighted by atomic mass is 15.1. The monoisotopic (exact) mass is 216 g/mol. The van der Waals surface area contributed by atoms with Crippen LogP contribution in [0, 0.1) is 11.8 Å². The molecule has 0 amide bonds. The van der Waals surface area contributed by atoms with Crippen molar-refractivity contribution in [1.82, 2.24) is 15.3 Å². The van der Waals surface area contributed by atoms with Crippen LogP contribution < -0.4 is 10.6 Å². The quantitative estimate of drug-likeness (QED) is 0.760. The third-order valence-corrected chi connectivity index (χ3v) is 4.27. The lowest BCUT2D eigenvalue weighted by Gasteiger charge is -2.11. The minimum atomic E-state index is 0.667. The first-order valence-corrected chi connectivity index (χ1v) is 6.23. The van der Waals surface area contributed by atoms with Crippen molar-refractivity contribution >= 4 is 5.82 Å². The van der Waals surface area contributed by atoms with E-state index >= 15 is 0 Å². The first-order chi connectivity index (χ1) is 7.93. The summed E-state index contributed by atoms with van der Waals surface area (Å²) in [6.07, 6.45) is 5.23. The van der Waals surface area contributed by atoms with Gasteiger partial charge in [-0.3, -0.25) is 0 Å². The fourth-order valence-corrected chi connectivity index (χ4v) is 3.27. The summed E-state index contributed by atoms with van der Waals surface area (Å²) >= 11 is 0. The number of nitrogens with one attached hydrogen (secondary N) is 2. The molecule has 1 saturated heterocycles. The zero-order valence-electron chi connectivity index (χ0n) is 9.24. The molecule has 4 heteroatoms. The molecule has 0 radical (unpaired) electrons. The van der Waals surface area contributed by atoms with Gasteiger partial charge in [-0.2, -0.15) is 0 Å². The van der Waals surface area contributed by atoms with Gasteiger partial charge in [-0.15, -0.1) is 0 Å². The standard InChI is InChI=1S/C12H16N4/c1-2-7-10(3-1)14-6-15-12(7)16-11-8-4-13-5-9(8)11/h6,8-9,11,13H,1-5H2,(H,14,15,16). The van der Waals surface area contributed by atoms with Crippen LogP contribution in [-0.4, -0.2) is 29.1 Å². The van der Waals surface area contributed by atoms with Crippen LogP contribution in [0.25, 0.3) is 0 Å². The summed E-state index contributed by atoms with van der Waals surface area (Å²) in [7, 11) is 0. The molecular weight excluding hydrogens is 200 g/mol. The summed E-state index contributed by atoms with van der Waals surface area (Å²) in [6.45, 7) is 2.35. The fourth-order valence-electron chi connectivity index (χ4n) is 3.27. The second-order valence-corrected chi connectivity index (χ2v) is 5.16. The maximum Gasteiger partial charge on any atom is 0.133 e. The normalized spacial score (nSPS) is 34.6. The Balaban J connectivity index is 1.57. The van der Waals surface area contributed by atoms with E-state index in [9.17, 15) is 0 Å². The average molecular weight is 216 g/mol. The maximum absolute atomic E-state index is 4.42. The Bertz CT molecular complexity index is 421. The SMILES string of the molecule is c1nc2c(c(NC3C4CNCC43)n1)CCC2. The molecular formula is C12H16N4. The van der Waals surface area contributed by atoms with Gasteiger partial charge in [0.25, 0.3) is 0 Å². The largest absolute Gasteiger partial charge is 0.366 e. The second kappa shape index (κ2) is 3.17. The highest BCUT2D eigenvalue weighted by Gasteiger charge is 2.53. The first-order valence-electron chi connectivity index (χ1n) is 6.23. The number of hydrogen-bond donors (Lipinski definition) is 2. The predicted molar refractivity (Wildman–Crippen MR) is 61.3 cm³/mol. The van der Waals surface area contributed by atoms with Crippen LogP contribution in [-0.2, 0) is 12.8 Å². The number of rotatable bonds is 2. The Morgan fingerprint density at radius 3 is 2.94 bits per heavy atom. The van der Waals surface area contributed by atoms with Crippen molar-refractivity contribution in [3.05, 3.63) is 17.6 Å². The van der Waals surface area contributed by atoms with Crippen LogP contribution in [0.5, 0.6) is 0 Å². The van der Waals surface area contributed by atoms with Gasteiger partial charge in [0, 0.05) is 30.4 Å². The molecule has 0 aromatic carbocycles. The summed E-state index contributed by atoms with van der Waals surface area (Å²) < 4.78 is 0. The van der Waals surface area contributed by atoms with Gasteiger partial charge >= 0.3 is 0 Å². The molecule has 1 aromatic rings. The van der Waals surface area contributed by atoms with Crippen LogP contribution in [0.2, 0.25) is 0 Å². The number of aromatic nitrogens is 2. The average Bonchev–Trinajstić information content (AvgIpc) is 2.80. The summed E-state index contributed by atoms with van der Waals surface area (Å²) in [5, 5.41) is 7.04. The van der Waals surface area contributed by atoms with Gasteiger partial charge in [0.05, 0.1) is 0 Å². The van der Waals surface area contributed by atoms with Crippen molar-refractivity contribution in [2.45, 2.75) is 25.3 Å². The molecule has 2 unspecified atom stereocenters. The van der Waals surface area contributed by atoms with Crippen LogP contribution >= 0.6 is 0 Å². The van der Waals surface area contributed by atoms with E-state index in [1.807, 2.05) is 0 Å². The Morgan fingerprint density at radius 1 is 1.19 bits per heavy atom. The zero-order chi connectivity index (χ0) is 10.5. The van der Waals surface area contributed by atoms with E-state index in [2.05, 4.69) is 20.6 Å². The van der Waals surface area contributed by atoms with E-state index in [1.165, 1.54) is 30.8 Å². The molecule has 1 saturated carbocycles. The molecule has 0 spiro atoms. The van der Waals surface area contributed by atoms with E-state index in [4.69, 9.17) is 0 Å². The number of anilines is 1. The maximum atomic E-state index is 4.42. The molecule has 1 aromatic heterocycles. The van der Waals surface area contributed by atoms with Gasteiger partial charge < -0.3 is 10.6 Å². The van der Waals surface area contributed by atoms with E-state index in [-0.39, 0.29) is 0 Å². The van der Waals surface area contributed by atoms with E-state index in [0.29, 0.717) is 6.04 Å². The topological polar surface area (TPSA) is 49.8 Å². The lowest BCUT2D eigenvalue weighted by Crippen LogP contribution is -2.22. The molecule has 2 heterocycles. The summed E-state index contributed by atoms with van der Waals surface area (Å²) in [5.74, 6) is 2.79. The lowest BCUT2D eigenvalue weighted by molar-refractivity contribution is 0.694. The molecule has 3 aliphatic rings. The van der Waals surface area contributed by atoms with Gasteiger partial charge in [-0.1, -0.05) is 0 Å². The van der Waals surface area contributed by atoms with E-state index < -0.39 is 0 Å². The number of nitrogens with zero attached hydrogens (tertiary/aromatic N) is 2. The van der Waals surface area contributed by atoms with Gasteiger partial charge in [0.1, 0.15) is 12.1 Å². The van der Waals surface area contributed by atoms with Crippen molar-refractivity contribution in [3.63, 3.8) is 0 Å². The number of hydrogen-bond acceptors (Lipinski definition) is 4. The van der Waals surface area contributed by atoms with Crippen molar-refractivity contribution in [2.24, 2.45) is 11.8 Å². The predicted octanol–water partition coefficient (Wildman–Crippen LogP) is 0.595. The van der Waals surface area contributed by atoms with Crippen LogP contribution in [0.4, 0.5) is 5.82 Å². The highest BCUT2D eigenvalue weighted by molar-refractivity contribution is 5.50. The molecule has 0 bridgehead atoms. The summed E-state index contributed by atoms with van der Waals surface area (Å²) in [6, 6.07) is 0.667. The van der Waals surface area contributed by atoms with Gasteiger partial charge in [-0.25, -0.2) is 9.97 Å². The molecule has 1 aliphatic heterocycles. The number of fused-ring (bicyclic) bond motifs is 2. The molecule has 4 rings (SSSR count). The van der Waals surface area contributed by atoms with Crippen molar-refractivity contribution < 1.29 is 0 Å². The van der Waals surface area contributed by atoms with E-state index in [0.717, 1.165) is 30.5 Å². The molecule has 2 fully saturated rings. The fraction of sp³-hybridized carbons (Fsp3) is 0.667. The highest BCUT2D eigenvalue weighted by Crippen LogP contribution is 2.44. The molecule has 16 heavy (non-hydrogen) atoms. The van der Waals surface area contributed by atoms with Gasteiger partial charge in [0.2, 0.25) is 0 Å². The zero-order valence-corrected chi connectivity index (χ0v) is 9.24. The summed E-state index contributed by atoms with van der Waals surface area (Å²) in [4.78, 5) is 8.77. The Kier molecular flexibility index (Phi) is 1.77. The first kappa shape index (κ1) is 8.93. The van der Waals surface area contributed by atoms with Crippen molar-refractivity contribution in [1.29, 1.82) is 0 Å². The smallest absolute Gasteiger partial charge is 0.133 e. The molecule has 2 aliphatic carbocycles. The third-order valence-electron chi connectivity index (χ3n) is 4.27. The van der Waals surface area contributed by atoms with Gasteiger partial charge in [0.15, 0.2) is 0 Å². The minimum Gasteiger partial charge on any atom is -0.366 e. The number of aryl methyl sites for hydroxylation is 1. The van der Waals surface area contributed by atoms with Crippen LogP contribution in [0.15, 0.2) is 6.33 Å². The van der Waals surface area contributed by atoms with Crippen molar-refractivity contribution in [3.8, 4) is 0 Å². The Labute approximate surface area is 94.9 Å². The Hall–Kier alpha value is -1.16. The molecule has 2 N–H and O–H groups in total. The van der Waals surface area contributed by atoms with E-state index in [1.54, 1.807) is 6.33 Å². The second-order valence-electron chi connectivity index (χ2n) is 5.16. The van der Waals surface area contributed by atoms with Crippen LogP contribution in [0.1, 0.15) is 17.7 Å². The molecule has 2 atom stereocenters. The third kappa shape index (κ3) is 1.19. The van der Waals surface area contributed by atoms with Crippen LogP contribution in [0.3, 0.4) is 0 Å². The number of piperidine rings is 1. The minimum absolute atomic E-state index is 0.667. The van der Waals surface area contributed by atoms with Gasteiger partial charge in [-0.05, 0) is 31.1 Å². The molecule has 84 valence electrons.